The zero-order valence-corrected chi connectivity index (χ0v) is 18.3. The van der Waals surface area contributed by atoms with Crippen LogP contribution in [0.3, 0.4) is 0 Å². The molecule has 0 amide bonds. The molecule has 1 saturated carbocycles. The Hall–Kier alpha value is -3.25. The van der Waals surface area contributed by atoms with Gasteiger partial charge in [0.1, 0.15) is 6.61 Å². The van der Waals surface area contributed by atoms with Crippen LogP contribution in [-0.4, -0.2) is 43.9 Å². The number of nitrogens with zero attached hydrogens (tertiary/aromatic N) is 4. The maximum atomic E-state index is 12.2. The molecule has 32 heavy (non-hydrogen) atoms. The first kappa shape index (κ1) is 22.0. The number of para-hydroxylation sites is 1. The van der Waals surface area contributed by atoms with Crippen molar-refractivity contribution < 1.29 is 23.5 Å². The minimum Gasteiger partial charge on any atom is -0.476 e. The quantitative estimate of drug-likeness (QED) is 0.387. The molecule has 1 aromatic carbocycles. The van der Waals surface area contributed by atoms with Crippen LogP contribution in [0, 0.1) is 17.8 Å². The van der Waals surface area contributed by atoms with Gasteiger partial charge >= 0.3 is 8.25 Å². The third kappa shape index (κ3) is 4.23. The molecule has 11 heteroatoms. The number of nitrogen functional groups attached to an aromatic ring is 1. The first-order chi connectivity index (χ1) is 15.5. The fourth-order valence-electron chi connectivity index (χ4n) is 3.86. The third-order valence-corrected chi connectivity index (χ3v) is 6.15. The monoisotopic (exact) mass is 456 g/mol. The van der Waals surface area contributed by atoms with E-state index in [1.165, 1.54) is 0 Å². The van der Waals surface area contributed by atoms with Crippen LogP contribution in [0.5, 0.6) is 11.6 Å². The molecule has 166 valence electrons. The molecule has 0 bridgehead atoms. The summed E-state index contributed by atoms with van der Waals surface area (Å²) in [7, 11) is -2.46. The first-order valence-electron chi connectivity index (χ1n) is 10.1. The minimum absolute atomic E-state index is 0.0582. The van der Waals surface area contributed by atoms with Crippen LogP contribution in [0.4, 0.5) is 5.95 Å². The number of benzene rings is 1. The molecule has 0 saturated heterocycles. The molecule has 3 N–H and O–H groups in total. The predicted octanol–water partition coefficient (Wildman–Crippen LogP) is 2.88. The molecule has 1 aliphatic rings. The third-order valence-electron chi connectivity index (χ3n) is 5.45. The molecule has 1 unspecified atom stereocenters. The van der Waals surface area contributed by atoms with E-state index in [-0.39, 0.29) is 18.6 Å². The van der Waals surface area contributed by atoms with Crippen LogP contribution < -0.4 is 15.0 Å². The number of aliphatic hydroxyl groups is 1. The fourth-order valence-corrected chi connectivity index (χ4v) is 4.54. The molecule has 0 aliphatic heterocycles. The van der Waals surface area contributed by atoms with Gasteiger partial charge in [-0.25, -0.2) is 9.51 Å². The van der Waals surface area contributed by atoms with Crippen molar-refractivity contribution in [2.24, 2.45) is 5.41 Å². The van der Waals surface area contributed by atoms with Gasteiger partial charge in [0.2, 0.25) is 11.8 Å². The molecular weight excluding hydrogens is 433 g/mol. The summed E-state index contributed by atoms with van der Waals surface area (Å²) in [6, 6.07) is 8.44. The summed E-state index contributed by atoms with van der Waals surface area (Å²) in [6.45, 7) is 2.11. The average Bonchev–Trinajstić information content (AvgIpc) is 3.34. The Balaban J connectivity index is 1.52. The Kier molecular flexibility index (Phi) is 6.24. The van der Waals surface area contributed by atoms with E-state index in [0.717, 1.165) is 0 Å². The van der Waals surface area contributed by atoms with Gasteiger partial charge in [-0.15, -0.1) is 10.9 Å². The van der Waals surface area contributed by atoms with E-state index >= 15 is 0 Å². The summed E-state index contributed by atoms with van der Waals surface area (Å²) < 4.78 is 30.3. The largest absolute Gasteiger partial charge is 0.750 e. The van der Waals surface area contributed by atoms with Crippen molar-refractivity contribution in [3.63, 3.8) is 0 Å². The molecule has 2 aromatic heterocycles. The number of aromatic nitrogens is 4. The number of terminal acetylenes is 1. The molecule has 1 aliphatic carbocycles. The average molecular weight is 456 g/mol. The number of fused-ring (bicyclic) bond motifs is 1. The minimum atomic E-state index is -2.46. The molecule has 0 radical (unpaired) electrons. The van der Waals surface area contributed by atoms with E-state index in [1.807, 2.05) is 13.0 Å². The van der Waals surface area contributed by atoms with E-state index in [2.05, 4.69) is 20.9 Å². The molecule has 4 rings (SSSR count). The van der Waals surface area contributed by atoms with Crippen molar-refractivity contribution in [1.29, 1.82) is 0 Å². The summed E-state index contributed by atoms with van der Waals surface area (Å²) in [5.74, 6) is 3.43. The number of rotatable bonds is 8. The topological polar surface area (TPSA) is 135 Å². The van der Waals surface area contributed by atoms with Crippen LogP contribution in [0.15, 0.2) is 36.7 Å². The highest BCUT2D eigenvalue weighted by molar-refractivity contribution is 7.33. The van der Waals surface area contributed by atoms with Gasteiger partial charge in [0, 0.05) is 10.6 Å². The van der Waals surface area contributed by atoms with Crippen LogP contribution in [0.25, 0.3) is 11.2 Å². The van der Waals surface area contributed by atoms with Crippen molar-refractivity contribution in [3.8, 4) is 24.0 Å². The van der Waals surface area contributed by atoms with Crippen molar-refractivity contribution in [1.82, 2.24) is 19.5 Å². The number of nitrogens with two attached hydrogens (primary N) is 1. The second-order valence-electron chi connectivity index (χ2n) is 7.46. The number of hydrogen-bond donors (Lipinski definition) is 2. The smallest absolute Gasteiger partial charge is 0.476 e. The van der Waals surface area contributed by atoms with Crippen molar-refractivity contribution in [2.45, 2.75) is 31.9 Å². The van der Waals surface area contributed by atoms with E-state index < -0.39 is 19.8 Å². The summed E-state index contributed by atoms with van der Waals surface area (Å²) in [5.41, 5.74) is 5.76. The lowest BCUT2D eigenvalue weighted by Gasteiger charge is -2.23. The number of imidazole rings is 1. The van der Waals surface area contributed by atoms with E-state index in [9.17, 15) is 9.67 Å². The highest BCUT2D eigenvalue weighted by Crippen LogP contribution is 2.47. The van der Waals surface area contributed by atoms with Crippen molar-refractivity contribution in [3.05, 3.63) is 36.7 Å². The van der Waals surface area contributed by atoms with Gasteiger partial charge in [0.05, 0.1) is 24.5 Å². The highest BCUT2D eigenvalue weighted by atomic mass is 31.1. The summed E-state index contributed by atoms with van der Waals surface area (Å²) in [6.07, 6.45) is 7.21. The Bertz CT molecular complexity index is 1160. The normalized spacial score (nSPS) is 23.1. The van der Waals surface area contributed by atoms with E-state index in [4.69, 9.17) is 25.9 Å². The fraction of sp³-hybridized carbons (Fsp3) is 0.381. The maximum absolute atomic E-state index is 12.2. The lowest BCUT2D eigenvalue weighted by molar-refractivity contribution is 0.0552. The van der Waals surface area contributed by atoms with Gasteiger partial charge in [-0.3, -0.25) is 0 Å². The van der Waals surface area contributed by atoms with Crippen LogP contribution in [-0.2, 0) is 9.09 Å². The molecule has 2 heterocycles. The molecule has 0 spiro atoms. The van der Waals surface area contributed by atoms with Gasteiger partial charge in [0.15, 0.2) is 16.9 Å². The van der Waals surface area contributed by atoms with Crippen LogP contribution in [0.1, 0.15) is 25.8 Å². The number of aliphatic hydroxyl groups excluding tert-OH is 1. The standard InChI is InChI=1S/C21H23N5O5P/c1-3-21(12-30-32(28)31-15-8-6-5-7-9-15)11-14(10-16(21)27)26-13-23-17-18(26)24-20(22)25-19(17)29-4-2/h1,5-9,13-14,16,27H,4,10-12H2,2H3,(H2,22,24,25)/q+1/t14-,16-,21+/m0/s1. The zero-order valence-electron chi connectivity index (χ0n) is 17.4. The summed E-state index contributed by atoms with van der Waals surface area (Å²) in [5, 5.41) is 10.8. The van der Waals surface area contributed by atoms with Crippen LogP contribution in [0.2, 0.25) is 0 Å². The lowest BCUT2D eigenvalue weighted by Crippen LogP contribution is -2.32. The Morgan fingerprint density at radius 2 is 2.16 bits per heavy atom. The predicted molar refractivity (Wildman–Crippen MR) is 117 cm³/mol. The van der Waals surface area contributed by atoms with E-state index in [1.54, 1.807) is 35.2 Å². The lowest BCUT2D eigenvalue weighted by atomic mass is 9.86. The van der Waals surface area contributed by atoms with E-state index in [0.29, 0.717) is 42.2 Å². The molecule has 1 fully saturated rings. The molecule has 4 atom stereocenters. The highest BCUT2D eigenvalue weighted by Gasteiger charge is 2.49. The van der Waals surface area contributed by atoms with Crippen molar-refractivity contribution in [2.75, 3.05) is 18.9 Å². The molecule has 10 nitrogen and oxygen atoms in total. The van der Waals surface area contributed by atoms with Crippen LogP contribution >= 0.6 is 8.25 Å². The van der Waals surface area contributed by atoms with Gasteiger partial charge < -0.3 is 20.1 Å². The number of ether oxygens (including phenoxy) is 1. The number of hydrogen-bond acceptors (Lipinski definition) is 9. The van der Waals surface area contributed by atoms with Gasteiger partial charge in [-0.05, 0) is 31.9 Å². The van der Waals surface area contributed by atoms with Crippen molar-refractivity contribution >= 4 is 25.4 Å². The van der Waals surface area contributed by atoms with Gasteiger partial charge in [0.25, 0.3) is 0 Å². The Labute approximate surface area is 185 Å². The Morgan fingerprint density at radius 3 is 2.88 bits per heavy atom. The Morgan fingerprint density at radius 1 is 1.38 bits per heavy atom. The van der Waals surface area contributed by atoms with Gasteiger partial charge in [-0.1, -0.05) is 24.1 Å². The zero-order chi connectivity index (χ0) is 22.7. The number of anilines is 1. The maximum Gasteiger partial charge on any atom is 0.750 e. The molecule has 3 aromatic rings. The first-order valence-corrected chi connectivity index (χ1v) is 11.2. The summed E-state index contributed by atoms with van der Waals surface area (Å²) >= 11 is 0. The second-order valence-corrected chi connectivity index (χ2v) is 8.34. The molecular formula is C21H23N5O5P+. The SMILES string of the molecule is C#C[C@]1(CO[P+](=O)Oc2ccccc2)C[C@@H](n2cnc3c(OCC)nc(N)nc32)C[C@@H]1O. The summed E-state index contributed by atoms with van der Waals surface area (Å²) in [4.78, 5) is 12.8. The van der Waals surface area contributed by atoms with Gasteiger partial charge in [-0.2, -0.15) is 9.97 Å². The second kappa shape index (κ2) is 9.09.